The van der Waals surface area contributed by atoms with Crippen LogP contribution in [0, 0.1) is 23.6 Å². The van der Waals surface area contributed by atoms with Crippen LogP contribution in [0.4, 0.5) is 29.2 Å². The molecule has 3 saturated heterocycles. The van der Waals surface area contributed by atoms with Crippen LogP contribution in [0.3, 0.4) is 0 Å². The molecule has 0 radical (unpaired) electrons. The first-order valence-electron chi connectivity index (χ1n) is 20.4. The van der Waals surface area contributed by atoms with Gasteiger partial charge in [0.2, 0.25) is 27.8 Å². The van der Waals surface area contributed by atoms with Gasteiger partial charge in [-0.1, -0.05) is 24.0 Å². The highest BCUT2D eigenvalue weighted by Gasteiger charge is 2.37. The number of anilines is 2. The molecule has 2 aromatic heterocycles. The van der Waals surface area contributed by atoms with Crippen molar-refractivity contribution in [3.8, 4) is 23.1 Å². The number of aromatic nitrogens is 4. The zero-order valence-corrected chi connectivity index (χ0v) is 35.1. The molecule has 62 heavy (non-hydrogen) atoms. The van der Waals surface area contributed by atoms with E-state index in [1.165, 1.54) is 47.4 Å². The van der Waals surface area contributed by atoms with Gasteiger partial charge in [-0.15, -0.1) is 0 Å². The quantitative estimate of drug-likeness (QED) is 0.0938. The number of rotatable bonds is 12. The summed E-state index contributed by atoms with van der Waals surface area (Å²) in [4.78, 5) is 33.5. The smallest absolute Gasteiger partial charge is 0.389 e. The Balaban J connectivity index is 0.864. The summed E-state index contributed by atoms with van der Waals surface area (Å²) in [5.41, 5.74) is -1.39. The summed E-state index contributed by atoms with van der Waals surface area (Å²) in [5, 5.41) is 19.1. The van der Waals surface area contributed by atoms with E-state index in [9.17, 15) is 36.3 Å². The van der Waals surface area contributed by atoms with Crippen LogP contribution in [0.5, 0.6) is 0 Å². The number of nitrogens with one attached hydrogen (secondary N) is 2. The molecule has 0 bridgehead atoms. The first-order valence-corrected chi connectivity index (χ1v) is 21.9. The van der Waals surface area contributed by atoms with Gasteiger partial charge in [0.05, 0.1) is 46.6 Å². The molecule has 2 amide bonds. The Morgan fingerprint density at radius 3 is 2.37 bits per heavy atom. The second kappa shape index (κ2) is 18.6. The number of benzene rings is 2. The molecule has 1 unspecified atom stereocenters. The first kappa shape index (κ1) is 44.8. The maximum atomic E-state index is 15.4. The topological polar surface area (TPSA) is 172 Å². The minimum absolute atomic E-state index is 0.00154. The zero-order chi connectivity index (χ0) is 44.2. The number of nitrogens with zero attached hydrogens (tertiary/aromatic N) is 6. The molecule has 3 aliphatic rings. The third kappa shape index (κ3) is 11.2. The van der Waals surface area contributed by atoms with Crippen molar-refractivity contribution in [3.63, 3.8) is 0 Å². The number of ether oxygens (including phenoxy) is 1. The van der Waals surface area contributed by atoms with Crippen LogP contribution in [0.15, 0.2) is 66.0 Å². The summed E-state index contributed by atoms with van der Waals surface area (Å²) >= 11 is 0. The highest BCUT2D eigenvalue weighted by Crippen LogP contribution is 2.37. The highest BCUT2D eigenvalue weighted by atomic mass is 32.2. The van der Waals surface area contributed by atoms with Crippen molar-refractivity contribution in [2.45, 2.75) is 87.6 Å². The third-order valence-corrected chi connectivity index (χ3v) is 13.1. The van der Waals surface area contributed by atoms with E-state index >= 15 is 4.39 Å². The number of piperidine rings is 3. The second-order valence-corrected chi connectivity index (χ2v) is 18.5. The van der Waals surface area contributed by atoms with Crippen LogP contribution < -0.4 is 10.6 Å². The molecule has 330 valence electrons. The highest BCUT2D eigenvalue weighted by molar-refractivity contribution is 7.89. The van der Waals surface area contributed by atoms with Gasteiger partial charge in [0.15, 0.2) is 0 Å². The van der Waals surface area contributed by atoms with Gasteiger partial charge in [-0.05, 0) is 87.8 Å². The number of hydrogen-bond donors (Lipinski definition) is 3. The molecule has 0 aliphatic carbocycles. The van der Waals surface area contributed by atoms with Crippen LogP contribution in [0.2, 0.25) is 0 Å². The lowest BCUT2D eigenvalue weighted by molar-refractivity contribution is -0.137. The van der Waals surface area contributed by atoms with Gasteiger partial charge in [-0.2, -0.15) is 22.6 Å². The summed E-state index contributed by atoms with van der Waals surface area (Å²) < 4.78 is 93.0. The van der Waals surface area contributed by atoms with Crippen molar-refractivity contribution in [3.05, 3.63) is 83.6 Å². The van der Waals surface area contributed by atoms with Gasteiger partial charge in [0.1, 0.15) is 18.0 Å². The van der Waals surface area contributed by atoms with Crippen LogP contribution in [-0.2, 0) is 37.1 Å². The van der Waals surface area contributed by atoms with Crippen molar-refractivity contribution >= 4 is 33.5 Å². The average molecular weight is 881 g/mol. The summed E-state index contributed by atoms with van der Waals surface area (Å²) in [6.45, 7) is 6.45. The Bertz CT molecular complexity index is 2430. The molecule has 1 atom stereocenters. The van der Waals surface area contributed by atoms with E-state index in [4.69, 9.17) is 4.74 Å². The summed E-state index contributed by atoms with van der Waals surface area (Å²) in [6, 6.07) is 10.8. The number of alkyl halides is 3. The Morgan fingerprint density at radius 1 is 0.984 bits per heavy atom. The lowest BCUT2D eigenvalue weighted by atomic mass is 9.90. The van der Waals surface area contributed by atoms with E-state index in [0.29, 0.717) is 44.4 Å². The van der Waals surface area contributed by atoms with Crippen LogP contribution in [-0.4, -0.2) is 105 Å². The standard InChI is InChI=1S/C43H48F4N8O6S/c1-42(2,58)27-54-26-31(23-49-54)39-35(43(45,46)47)24-48-41(52-39)50-37-11-9-33(22-36(37)44)62(59,60)55-19-13-29(14-20-55)25-53-17-15-32(16-18-53)61-21-3-4-28-5-7-30(8-6-28)34-10-12-38(56)51-40(34)57/h5-9,11,22-24,26,29,32,34,58H,10,12-21,25,27H2,1-2H3,(H,48,50,52)(H,51,56,57). The lowest BCUT2D eigenvalue weighted by Crippen LogP contribution is -2.44. The number of carbonyl (C=O) groups is 2. The van der Waals surface area contributed by atoms with Crippen LogP contribution in [0.25, 0.3) is 11.3 Å². The predicted octanol–water partition coefficient (Wildman–Crippen LogP) is 5.47. The maximum Gasteiger partial charge on any atom is 0.419 e. The van der Waals surface area contributed by atoms with E-state index in [1.807, 2.05) is 24.3 Å². The van der Waals surface area contributed by atoms with Crippen molar-refractivity contribution < 1.29 is 45.4 Å². The number of aliphatic hydroxyl groups is 1. The summed E-state index contributed by atoms with van der Waals surface area (Å²) in [5.74, 6) is 4.31. The van der Waals surface area contributed by atoms with Crippen LogP contribution in [0.1, 0.15) is 75.0 Å². The predicted molar refractivity (Wildman–Crippen MR) is 220 cm³/mol. The molecule has 3 fully saturated rings. The van der Waals surface area contributed by atoms with Crippen LogP contribution >= 0.6 is 0 Å². The van der Waals surface area contributed by atoms with Gasteiger partial charge in [-0.3, -0.25) is 19.6 Å². The van der Waals surface area contributed by atoms with Crippen molar-refractivity contribution in [1.29, 1.82) is 0 Å². The molecule has 5 heterocycles. The fourth-order valence-electron chi connectivity index (χ4n) is 7.93. The van der Waals surface area contributed by atoms with Gasteiger partial charge in [0.25, 0.3) is 0 Å². The number of hydrogen-bond acceptors (Lipinski definition) is 11. The number of imide groups is 1. The minimum Gasteiger partial charge on any atom is -0.389 e. The summed E-state index contributed by atoms with van der Waals surface area (Å²) in [6.07, 6.45) is 2.16. The van der Waals surface area contributed by atoms with E-state index < -0.39 is 38.9 Å². The van der Waals surface area contributed by atoms with Gasteiger partial charge < -0.3 is 20.1 Å². The number of halogens is 4. The molecule has 0 spiro atoms. The normalized spacial score (nSPS) is 18.9. The van der Waals surface area contributed by atoms with E-state index in [-0.39, 0.29) is 65.6 Å². The largest absolute Gasteiger partial charge is 0.419 e. The molecule has 2 aromatic carbocycles. The lowest BCUT2D eigenvalue weighted by Gasteiger charge is -2.37. The zero-order valence-electron chi connectivity index (χ0n) is 34.3. The Morgan fingerprint density at radius 2 is 1.71 bits per heavy atom. The molecule has 3 aliphatic heterocycles. The fraction of sp³-hybridized carbons (Fsp3) is 0.465. The van der Waals surface area contributed by atoms with E-state index in [0.717, 1.165) is 49.7 Å². The molecule has 19 heteroatoms. The summed E-state index contributed by atoms with van der Waals surface area (Å²) in [7, 11) is -4.04. The van der Waals surface area contributed by atoms with Gasteiger partial charge >= 0.3 is 6.18 Å². The maximum absolute atomic E-state index is 15.4. The number of carbonyl (C=O) groups excluding carboxylic acids is 2. The second-order valence-electron chi connectivity index (χ2n) is 16.5. The van der Waals surface area contributed by atoms with Crippen molar-refractivity contribution in [2.75, 3.05) is 44.6 Å². The number of likely N-dealkylation sites (tertiary alicyclic amines) is 1. The minimum atomic E-state index is -4.81. The van der Waals surface area contributed by atoms with E-state index in [2.05, 4.69) is 42.4 Å². The van der Waals surface area contributed by atoms with E-state index in [1.54, 1.807) is 0 Å². The van der Waals surface area contributed by atoms with Gasteiger partial charge in [-0.25, -0.2) is 22.8 Å². The first-order chi connectivity index (χ1) is 29.4. The molecule has 4 aromatic rings. The SMILES string of the molecule is CC(C)(O)Cn1cc(-c2nc(Nc3ccc(S(=O)(=O)N4CCC(CN5CCC(OCC#Cc6ccc(C7CCC(=O)NC7=O)cc6)CC5)CC4)cc3F)ncc2C(F)(F)F)cn1. The fourth-order valence-corrected chi connectivity index (χ4v) is 9.41. The molecule has 7 rings (SSSR count). The monoisotopic (exact) mass is 880 g/mol. The average Bonchev–Trinajstić information content (AvgIpc) is 3.68. The van der Waals surface area contributed by atoms with Gasteiger partial charge in [0, 0.05) is 62.7 Å². The Kier molecular flexibility index (Phi) is 13.4. The third-order valence-electron chi connectivity index (χ3n) is 11.2. The molecule has 3 N–H and O–H groups in total. The van der Waals surface area contributed by atoms with Crippen molar-refractivity contribution in [1.82, 2.24) is 34.3 Å². The molecule has 14 nitrogen and oxygen atoms in total. The molecular formula is C43H48F4N8O6S. The Hall–Kier alpha value is -5.26. The van der Waals surface area contributed by atoms with Crippen molar-refractivity contribution in [2.24, 2.45) is 5.92 Å². The molecular weight excluding hydrogens is 833 g/mol. The molecule has 0 saturated carbocycles. The number of amides is 2. The number of sulfonamides is 1. The Labute approximate surface area is 357 Å².